The van der Waals surface area contributed by atoms with Gasteiger partial charge in [-0.3, -0.25) is 0 Å². The van der Waals surface area contributed by atoms with Gasteiger partial charge in [0.05, 0.1) is 0 Å². The average molecular weight is 203 g/mol. The van der Waals surface area contributed by atoms with Gasteiger partial charge in [0.1, 0.15) is 0 Å². The average Bonchev–Trinajstić information content (AvgIpc) is 2.08. The number of alkyl halides is 2. The van der Waals surface area contributed by atoms with Crippen LogP contribution in [0.25, 0.3) is 0 Å². The normalized spacial score (nSPS) is 10.5. The quantitative estimate of drug-likeness (QED) is 0.752. The fourth-order valence-electron chi connectivity index (χ4n) is 0.958. The Labute approximate surface area is 80.5 Å². The summed E-state index contributed by atoms with van der Waals surface area (Å²) in [7, 11) is 0. The van der Waals surface area contributed by atoms with E-state index in [-0.39, 0.29) is 0 Å². The van der Waals surface area contributed by atoms with E-state index in [0.717, 1.165) is 12.2 Å². The molecule has 1 aromatic rings. The summed E-state index contributed by atoms with van der Waals surface area (Å²) in [4.78, 5) is 0.594. The van der Waals surface area contributed by atoms with Crippen LogP contribution in [0.4, 0.5) is 14.5 Å². The predicted octanol–water partition coefficient (Wildman–Crippen LogP) is 3.43. The molecule has 0 aliphatic heterocycles. The molecule has 0 saturated heterocycles. The van der Waals surface area contributed by atoms with Gasteiger partial charge in [-0.1, -0.05) is 11.8 Å². The van der Waals surface area contributed by atoms with Crippen molar-refractivity contribution < 1.29 is 8.78 Å². The highest BCUT2D eigenvalue weighted by atomic mass is 32.2. The highest BCUT2D eigenvalue weighted by Gasteiger charge is 2.03. The van der Waals surface area contributed by atoms with Gasteiger partial charge in [0.2, 0.25) is 0 Å². The Kier molecular flexibility index (Phi) is 4.02. The van der Waals surface area contributed by atoms with Gasteiger partial charge in [-0.25, -0.2) is 0 Å². The smallest absolute Gasteiger partial charge is 0.288 e. The molecule has 0 saturated carbocycles. The number of anilines is 1. The molecule has 0 aliphatic carbocycles. The van der Waals surface area contributed by atoms with Gasteiger partial charge in [-0.2, -0.15) is 8.78 Å². The van der Waals surface area contributed by atoms with Crippen molar-refractivity contribution >= 4 is 17.4 Å². The molecule has 0 atom stereocenters. The molecule has 1 N–H and O–H groups in total. The number of hydrogen-bond donors (Lipinski definition) is 1. The highest BCUT2D eigenvalue weighted by Crippen LogP contribution is 2.25. The lowest BCUT2D eigenvalue weighted by molar-refractivity contribution is 0.252. The van der Waals surface area contributed by atoms with Gasteiger partial charge >= 0.3 is 0 Å². The van der Waals surface area contributed by atoms with Crippen LogP contribution in [0.1, 0.15) is 6.92 Å². The van der Waals surface area contributed by atoms with E-state index in [9.17, 15) is 8.78 Å². The first-order valence-electron chi connectivity index (χ1n) is 4.01. The summed E-state index contributed by atoms with van der Waals surface area (Å²) in [5, 5.41) is 3.09. The van der Waals surface area contributed by atoms with Crippen LogP contribution in [0.2, 0.25) is 0 Å². The van der Waals surface area contributed by atoms with E-state index in [1.165, 1.54) is 0 Å². The second kappa shape index (κ2) is 5.07. The zero-order chi connectivity index (χ0) is 9.68. The van der Waals surface area contributed by atoms with Crippen molar-refractivity contribution in [3.63, 3.8) is 0 Å². The minimum Gasteiger partial charge on any atom is -0.385 e. The Morgan fingerprint density at radius 1 is 1.31 bits per heavy atom. The Bertz CT molecular complexity index is 248. The fraction of sp³-hybridized carbons (Fsp3) is 0.333. The first kappa shape index (κ1) is 10.3. The topological polar surface area (TPSA) is 12.0 Å². The molecule has 1 rings (SSSR count). The number of halogens is 2. The van der Waals surface area contributed by atoms with Gasteiger partial charge < -0.3 is 5.32 Å². The molecule has 0 aliphatic rings. The summed E-state index contributed by atoms with van der Waals surface area (Å²) in [6.07, 6.45) is 0. The van der Waals surface area contributed by atoms with Crippen LogP contribution in [0.5, 0.6) is 0 Å². The molecular formula is C9H11F2NS. The minimum atomic E-state index is -2.34. The lowest BCUT2D eigenvalue weighted by atomic mass is 10.3. The molecule has 0 heterocycles. The first-order chi connectivity index (χ1) is 6.22. The van der Waals surface area contributed by atoms with Gasteiger partial charge in [0.15, 0.2) is 0 Å². The van der Waals surface area contributed by atoms with Crippen LogP contribution >= 0.6 is 11.8 Å². The lowest BCUT2D eigenvalue weighted by Gasteiger charge is -2.04. The van der Waals surface area contributed by atoms with Crippen molar-refractivity contribution in [2.75, 3.05) is 11.9 Å². The molecule has 0 aromatic heterocycles. The summed E-state index contributed by atoms with van der Waals surface area (Å²) in [5.41, 5.74) is 0.959. The van der Waals surface area contributed by atoms with Crippen molar-refractivity contribution in [1.82, 2.24) is 0 Å². The molecule has 0 fully saturated rings. The van der Waals surface area contributed by atoms with Crippen molar-refractivity contribution in [1.29, 1.82) is 0 Å². The molecule has 0 unspecified atom stereocenters. The second-order valence-electron chi connectivity index (χ2n) is 2.43. The van der Waals surface area contributed by atoms with Gasteiger partial charge in [-0.15, -0.1) is 0 Å². The zero-order valence-corrected chi connectivity index (χ0v) is 8.07. The third-order valence-corrected chi connectivity index (χ3v) is 2.18. The summed E-state index contributed by atoms with van der Waals surface area (Å²) in [5.74, 6) is -2.34. The number of hydrogen-bond acceptors (Lipinski definition) is 2. The molecule has 0 bridgehead atoms. The second-order valence-corrected chi connectivity index (χ2v) is 3.50. The van der Waals surface area contributed by atoms with Gasteiger partial charge in [0.25, 0.3) is 5.76 Å². The van der Waals surface area contributed by atoms with E-state index in [0.29, 0.717) is 16.7 Å². The Morgan fingerprint density at radius 2 is 1.92 bits per heavy atom. The number of rotatable bonds is 4. The molecule has 4 heteroatoms. The molecule has 0 amide bonds. The molecule has 13 heavy (non-hydrogen) atoms. The van der Waals surface area contributed by atoms with Crippen LogP contribution in [-0.4, -0.2) is 12.3 Å². The molecule has 0 spiro atoms. The largest absolute Gasteiger partial charge is 0.385 e. The van der Waals surface area contributed by atoms with Gasteiger partial charge in [0, 0.05) is 17.1 Å². The van der Waals surface area contributed by atoms with Crippen LogP contribution < -0.4 is 5.32 Å². The number of thioether (sulfide) groups is 1. The number of nitrogens with one attached hydrogen (secondary N) is 1. The van der Waals surface area contributed by atoms with Crippen LogP contribution in [0, 0.1) is 0 Å². The third kappa shape index (κ3) is 3.63. The van der Waals surface area contributed by atoms with Gasteiger partial charge in [-0.05, 0) is 31.2 Å². The maximum Gasteiger partial charge on any atom is 0.288 e. The van der Waals surface area contributed by atoms with E-state index in [1.54, 1.807) is 24.3 Å². The van der Waals surface area contributed by atoms with Crippen LogP contribution in [0.3, 0.4) is 0 Å². The zero-order valence-electron chi connectivity index (χ0n) is 7.26. The third-order valence-electron chi connectivity index (χ3n) is 1.46. The van der Waals surface area contributed by atoms with Crippen molar-refractivity contribution in [3.05, 3.63) is 24.3 Å². The Hall–Kier alpha value is -0.770. The van der Waals surface area contributed by atoms with E-state index >= 15 is 0 Å². The van der Waals surface area contributed by atoms with E-state index < -0.39 is 5.76 Å². The van der Waals surface area contributed by atoms with E-state index in [4.69, 9.17) is 0 Å². The molecule has 1 nitrogen and oxygen atoms in total. The monoisotopic (exact) mass is 203 g/mol. The molecule has 1 aromatic carbocycles. The summed E-state index contributed by atoms with van der Waals surface area (Å²) < 4.78 is 23.8. The van der Waals surface area contributed by atoms with Crippen LogP contribution in [0.15, 0.2) is 29.2 Å². The lowest BCUT2D eigenvalue weighted by Crippen LogP contribution is -1.95. The fourth-order valence-corrected chi connectivity index (χ4v) is 1.46. The summed E-state index contributed by atoms with van der Waals surface area (Å²) in [6, 6.07) is 6.98. The molecule has 72 valence electrons. The predicted molar refractivity (Wildman–Crippen MR) is 52.5 cm³/mol. The van der Waals surface area contributed by atoms with E-state index in [1.807, 2.05) is 6.92 Å². The van der Waals surface area contributed by atoms with Crippen LogP contribution in [-0.2, 0) is 0 Å². The molecule has 0 radical (unpaired) electrons. The highest BCUT2D eigenvalue weighted by molar-refractivity contribution is 7.99. The maximum atomic E-state index is 11.9. The minimum absolute atomic E-state index is 0.564. The summed E-state index contributed by atoms with van der Waals surface area (Å²) in [6.45, 7) is 2.82. The Balaban J connectivity index is 2.59. The molecular weight excluding hydrogens is 192 g/mol. The SMILES string of the molecule is CCNc1ccc(SC(F)F)cc1. The van der Waals surface area contributed by atoms with Crippen molar-refractivity contribution in [2.24, 2.45) is 0 Å². The Morgan fingerprint density at radius 3 is 2.38 bits per heavy atom. The van der Waals surface area contributed by atoms with E-state index in [2.05, 4.69) is 5.32 Å². The van der Waals surface area contributed by atoms with Crippen molar-refractivity contribution in [3.8, 4) is 0 Å². The first-order valence-corrected chi connectivity index (χ1v) is 4.89. The number of benzene rings is 1. The standard InChI is InChI=1S/C9H11F2NS/c1-2-12-7-3-5-8(6-4-7)13-9(10)11/h3-6,9,12H,2H2,1H3. The summed E-state index contributed by atoms with van der Waals surface area (Å²) >= 11 is 0.564. The van der Waals surface area contributed by atoms with Crippen molar-refractivity contribution in [2.45, 2.75) is 17.6 Å². The maximum absolute atomic E-state index is 11.9.